The quantitative estimate of drug-likeness (QED) is 0.581. The van der Waals surface area contributed by atoms with Crippen LogP contribution in [0.2, 0.25) is 0 Å². The van der Waals surface area contributed by atoms with E-state index in [-0.39, 0.29) is 0 Å². The first-order valence-electron chi connectivity index (χ1n) is 3.67. The molecule has 7 heteroatoms. The van der Waals surface area contributed by atoms with Gasteiger partial charge in [-0.05, 0) is 13.8 Å². The molecule has 0 saturated carbocycles. The predicted octanol–water partition coefficient (Wildman–Crippen LogP) is 0.292. The number of rotatable bonds is 4. The highest BCUT2D eigenvalue weighted by molar-refractivity contribution is 7.52. The largest absolute Gasteiger partial charge is 0.481 e. The summed E-state index contributed by atoms with van der Waals surface area (Å²) in [6.07, 6.45) is -1.09. The van der Waals surface area contributed by atoms with Crippen LogP contribution in [0.1, 0.15) is 13.8 Å². The Hall–Kier alpha value is -0.420. The smallest absolute Gasteiger partial charge is 0.336 e. The Morgan fingerprint density at radius 1 is 1.31 bits per heavy atom. The third kappa shape index (κ3) is 24.5. The molecule has 80 valence electrons. The lowest BCUT2D eigenvalue weighted by Gasteiger charge is -1.95. The van der Waals surface area contributed by atoms with Crippen LogP contribution in [-0.2, 0) is 14.1 Å². The molecule has 0 aliphatic heterocycles. The molecule has 13 heavy (non-hydrogen) atoms. The van der Waals surface area contributed by atoms with E-state index < -0.39 is 19.7 Å². The lowest BCUT2D eigenvalue weighted by atomic mass is 10.8. The van der Waals surface area contributed by atoms with Crippen LogP contribution >= 0.6 is 7.60 Å². The molecule has 0 aromatic heterocycles. The van der Waals surface area contributed by atoms with Gasteiger partial charge in [0.05, 0.1) is 0 Å². The molecule has 0 aromatic rings. The third-order valence-corrected chi connectivity index (χ3v) is 1.43. The average Bonchev–Trinajstić information content (AvgIpc) is 1.84. The molecule has 0 saturated heterocycles. The number of carbonyl (C=O) groups is 1. The fourth-order valence-corrected chi connectivity index (χ4v) is 0.733. The second-order valence-corrected chi connectivity index (χ2v) is 3.64. The fourth-order valence-electron chi connectivity index (χ4n) is 0.380. The minimum atomic E-state index is -4.32. The van der Waals surface area contributed by atoms with Crippen LogP contribution in [0, 0.1) is 0 Å². The summed E-state index contributed by atoms with van der Waals surface area (Å²) in [5.41, 5.74) is 0. The summed E-state index contributed by atoms with van der Waals surface area (Å²) >= 11 is 0. The zero-order valence-corrected chi connectivity index (χ0v) is 8.53. The van der Waals surface area contributed by atoms with Crippen molar-refractivity contribution in [1.29, 1.82) is 0 Å². The molecule has 0 radical (unpaired) electrons. The Labute approximate surface area is 76.7 Å². The van der Waals surface area contributed by atoms with E-state index in [1.54, 1.807) is 0 Å². The van der Waals surface area contributed by atoms with Crippen LogP contribution < -0.4 is 0 Å². The Morgan fingerprint density at radius 2 is 1.69 bits per heavy atom. The lowest BCUT2D eigenvalue weighted by molar-refractivity contribution is -0.134. The predicted molar refractivity (Wildman–Crippen MR) is 46.7 cm³/mol. The van der Waals surface area contributed by atoms with Crippen molar-refractivity contribution in [3.05, 3.63) is 0 Å². The van der Waals surface area contributed by atoms with Crippen molar-refractivity contribution < 1.29 is 29.0 Å². The van der Waals surface area contributed by atoms with Crippen LogP contribution in [0.25, 0.3) is 0 Å². The standard InChI is InChI=1S/C4H10O.C2H5O5P/c1-3-5-4-2;3-2(4)1-8(5,6)7/h3-4H2,1-2H3;1H2,(H,3,4)(H2,5,6,7). The van der Waals surface area contributed by atoms with Crippen molar-refractivity contribution in [3.63, 3.8) is 0 Å². The highest BCUT2D eigenvalue weighted by atomic mass is 31.2. The molecular formula is C6H15O6P. The molecule has 6 nitrogen and oxygen atoms in total. The van der Waals surface area contributed by atoms with E-state index in [0.29, 0.717) is 0 Å². The van der Waals surface area contributed by atoms with Gasteiger partial charge >= 0.3 is 13.6 Å². The van der Waals surface area contributed by atoms with Gasteiger partial charge in [-0.3, -0.25) is 9.36 Å². The number of ether oxygens (including phenoxy) is 1. The van der Waals surface area contributed by atoms with E-state index in [1.807, 2.05) is 13.8 Å². The maximum Gasteiger partial charge on any atom is 0.336 e. The molecular weight excluding hydrogens is 199 g/mol. The van der Waals surface area contributed by atoms with Crippen LogP contribution in [0.5, 0.6) is 0 Å². The zero-order valence-electron chi connectivity index (χ0n) is 7.63. The van der Waals surface area contributed by atoms with Crippen LogP contribution in [0.3, 0.4) is 0 Å². The maximum atomic E-state index is 9.76. The summed E-state index contributed by atoms with van der Waals surface area (Å²) in [5, 5.41) is 7.76. The monoisotopic (exact) mass is 214 g/mol. The van der Waals surface area contributed by atoms with E-state index in [0.717, 1.165) is 13.2 Å². The molecule has 0 aliphatic rings. The first kappa shape index (κ1) is 15.1. The van der Waals surface area contributed by atoms with Crippen LogP contribution in [0.15, 0.2) is 0 Å². The van der Waals surface area contributed by atoms with Crippen molar-refractivity contribution in [3.8, 4) is 0 Å². The SMILES string of the molecule is CCOCC.O=C(O)CP(=O)(O)O. The molecule has 0 amide bonds. The van der Waals surface area contributed by atoms with Gasteiger partial charge in [-0.1, -0.05) is 0 Å². The molecule has 0 bridgehead atoms. The Balaban J connectivity index is 0. The van der Waals surface area contributed by atoms with E-state index in [2.05, 4.69) is 0 Å². The number of carboxylic acid groups (broad SMARTS) is 1. The van der Waals surface area contributed by atoms with Crippen LogP contribution in [0.4, 0.5) is 0 Å². The minimum absolute atomic E-state index is 0.844. The first-order valence-corrected chi connectivity index (χ1v) is 5.47. The van der Waals surface area contributed by atoms with Gasteiger partial charge in [0, 0.05) is 13.2 Å². The first-order chi connectivity index (χ1) is 5.83. The number of aliphatic carboxylic acids is 1. The van der Waals surface area contributed by atoms with Gasteiger partial charge < -0.3 is 19.6 Å². The van der Waals surface area contributed by atoms with Gasteiger partial charge in [0.25, 0.3) is 0 Å². The summed E-state index contributed by atoms with van der Waals surface area (Å²) in [6, 6.07) is 0. The molecule has 0 unspecified atom stereocenters. The Kier molecular flexibility index (Phi) is 9.50. The van der Waals surface area contributed by atoms with E-state index in [9.17, 15) is 9.36 Å². The fraction of sp³-hybridized carbons (Fsp3) is 0.833. The van der Waals surface area contributed by atoms with Crippen molar-refractivity contribution in [2.45, 2.75) is 13.8 Å². The molecule has 0 rings (SSSR count). The van der Waals surface area contributed by atoms with Crippen molar-refractivity contribution in [2.24, 2.45) is 0 Å². The van der Waals surface area contributed by atoms with Gasteiger partial charge in [-0.15, -0.1) is 0 Å². The molecule has 0 aromatic carbocycles. The summed E-state index contributed by atoms with van der Waals surface area (Å²) in [6.45, 7) is 5.67. The number of carboxylic acids is 1. The third-order valence-electron chi connectivity index (χ3n) is 0.749. The minimum Gasteiger partial charge on any atom is -0.481 e. The summed E-state index contributed by atoms with van der Waals surface area (Å²) in [4.78, 5) is 25.4. The van der Waals surface area contributed by atoms with Gasteiger partial charge in [0.2, 0.25) is 0 Å². The topological polar surface area (TPSA) is 104 Å². The van der Waals surface area contributed by atoms with Gasteiger partial charge in [-0.25, -0.2) is 0 Å². The number of hydrogen-bond donors (Lipinski definition) is 3. The number of hydrogen-bond acceptors (Lipinski definition) is 3. The maximum absolute atomic E-state index is 9.76. The van der Waals surface area contributed by atoms with Crippen molar-refractivity contribution in [1.82, 2.24) is 0 Å². The summed E-state index contributed by atoms with van der Waals surface area (Å²) in [7, 11) is -4.32. The van der Waals surface area contributed by atoms with Gasteiger partial charge in [0.1, 0.15) is 6.16 Å². The van der Waals surface area contributed by atoms with Crippen LogP contribution in [-0.4, -0.2) is 40.2 Å². The molecule has 0 spiro atoms. The normalized spacial score (nSPS) is 10.2. The second-order valence-electron chi connectivity index (χ2n) is 2.00. The van der Waals surface area contributed by atoms with E-state index >= 15 is 0 Å². The Bertz CT molecular complexity index is 172. The highest BCUT2D eigenvalue weighted by Crippen LogP contribution is 2.33. The molecule has 0 fully saturated rings. The lowest BCUT2D eigenvalue weighted by Crippen LogP contribution is -2.01. The summed E-state index contributed by atoms with van der Waals surface area (Å²) in [5.74, 6) is -1.49. The second kappa shape index (κ2) is 8.19. The highest BCUT2D eigenvalue weighted by Gasteiger charge is 2.17. The van der Waals surface area contributed by atoms with Gasteiger partial charge in [0.15, 0.2) is 0 Å². The zero-order chi connectivity index (χ0) is 10.9. The molecule has 0 heterocycles. The summed E-state index contributed by atoms with van der Waals surface area (Å²) < 4.78 is 14.6. The van der Waals surface area contributed by atoms with E-state index in [4.69, 9.17) is 19.6 Å². The van der Waals surface area contributed by atoms with E-state index in [1.165, 1.54) is 0 Å². The Morgan fingerprint density at radius 3 is 1.69 bits per heavy atom. The average molecular weight is 214 g/mol. The van der Waals surface area contributed by atoms with Gasteiger partial charge in [-0.2, -0.15) is 0 Å². The molecule has 3 N–H and O–H groups in total. The molecule has 0 aliphatic carbocycles. The van der Waals surface area contributed by atoms with Crippen molar-refractivity contribution in [2.75, 3.05) is 19.4 Å². The van der Waals surface area contributed by atoms with Crippen molar-refractivity contribution >= 4 is 13.6 Å². The molecule has 0 atom stereocenters.